The third-order valence-electron chi connectivity index (χ3n) is 4.64. The van der Waals surface area contributed by atoms with Crippen LogP contribution in [0.4, 0.5) is 5.82 Å². The molecular formula is C24H23N5O2S. The molecular weight excluding hydrogens is 422 g/mol. The summed E-state index contributed by atoms with van der Waals surface area (Å²) in [6.45, 7) is 5.20. The Balaban J connectivity index is 1.96. The van der Waals surface area contributed by atoms with Crippen molar-refractivity contribution in [1.82, 2.24) is 4.98 Å². The Hall–Kier alpha value is -3.59. The van der Waals surface area contributed by atoms with Crippen molar-refractivity contribution < 1.29 is 9.47 Å². The van der Waals surface area contributed by atoms with Crippen LogP contribution in [-0.2, 0) is 4.74 Å². The minimum absolute atomic E-state index is 0.0655. The van der Waals surface area contributed by atoms with Gasteiger partial charge in [0.05, 0.1) is 18.8 Å². The van der Waals surface area contributed by atoms with Crippen LogP contribution in [-0.4, -0.2) is 50.4 Å². The van der Waals surface area contributed by atoms with Crippen molar-refractivity contribution in [1.29, 1.82) is 10.5 Å². The maximum atomic E-state index is 9.97. The molecule has 32 heavy (non-hydrogen) atoms. The molecule has 162 valence electrons. The lowest BCUT2D eigenvalue weighted by atomic mass is 9.96. The van der Waals surface area contributed by atoms with E-state index in [1.807, 2.05) is 36.4 Å². The summed E-state index contributed by atoms with van der Waals surface area (Å²) in [4.78, 5) is 8.44. The zero-order valence-electron chi connectivity index (χ0n) is 18.0. The van der Waals surface area contributed by atoms with Gasteiger partial charge in [-0.15, -0.1) is 11.8 Å². The number of pyridine rings is 1. The van der Waals surface area contributed by atoms with Gasteiger partial charge in [0.25, 0.3) is 0 Å². The van der Waals surface area contributed by atoms with Crippen LogP contribution >= 0.6 is 11.8 Å². The van der Waals surface area contributed by atoms with E-state index in [2.05, 4.69) is 34.0 Å². The van der Waals surface area contributed by atoms with Gasteiger partial charge in [-0.3, -0.25) is 4.99 Å². The van der Waals surface area contributed by atoms with Crippen LogP contribution in [0.15, 0.2) is 58.6 Å². The molecule has 0 spiro atoms. The maximum absolute atomic E-state index is 9.97. The van der Waals surface area contributed by atoms with Gasteiger partial charge in [0.1, 0.15) is 40.4 Å². The number of nitriles is 2. The van der Waals surface area contributed by atoms with Gasteiger partial charge in [-0.1, -0.05) is 24.8 Å². The number of thioether (sulfide) groups is 1. The summed E-state index contributed by atoms with van der Waals surface area (Å²) in [5.41, 5.74) is 2.84. The summed E-state index contributed by atoms with van der Waals surface area (Å²) < 4.78 is 11.0. The molecule has 8 heteroatoms. The molecule has 0 aliphatic carbocycles. The lowest BCUT2D eigenvalue weighted by molar-refractivity contribution is -0.0796. The molecule has 0 bridgehead atoms. The number of allylic oxidation sites excluding steroid dienone is 2. The van der Waals surface area contributed by atoms with E-state index in [9.17, 15) is 10.5 Å². The zero-order chi connectivity index (χ0) is 22.9. The monoisotopic (exact) mass is 445 g/mol. The Morgan fingerprint density at radius 1 is 1.31 bits per heavy atom. The van der Waals surface area contributed by atoms with Crippen LogP contribution in [0.25, 0.3) is 11.1 Å². The SMILES string of the molecule is C=C(/C=C\C=NC)CSc1nc(NC)c(C#N)c(-c2ccc(OC3COC3)cc2)c1C#N. The van der Waals surface area contributed by atoms with E-state index in [4.69, 9.17) is 9.47 Å². The van der Waals surface area contributed by atoms with E-state index in [0.29, 0.717) is 46.5 Å². The van der Waals surface area contributed by atoms with Crippen LogP contribution in [0.1, 0.15) is 11.1 Å². The van der Waals surface area contributed by atoms with Crippen molar-refractivity contribution in [2.24, 2.45) is 4.99 Å². The van der Waals surface area contributed by atoms with Crippen molar-refractivity contribution >= 4 is 23.8 Å². The number of hydrogen-bond acceptors (Lipinski definition) is 8. The average molecular weight is 446 g/mol. The largest absolute Gasteiger partial charge is 0.486 e. The molecule has 0 amide bonds. The molecule has 1 aromatic heterocycles. The zero-order valence-corrected chi connectivity index (χ0v) is 18.8. The van der Waals surface area contributed by atoms with Crippen LogP contribution in [0, 0.1) is 22.7 Å². The van der Waals surface area contributed by atoms with Crippen molar-refractivity contribution in [2.45, 2.75) is 11.1 Å². The first kappa shape index (κ1) is 23.1. The van der Waals surface area contributed by atoms with Crippen molar-refractivity contribution in [3.8, 4) is 29.0 Å². The third kappa shape index (κ3) is 5.36. The van der Waals surface area contributed by atoms with Gasteiger partial charge in [-0.2, -0.15) is 10.5 Å². The first-order valence-electron chi connectivity index (χ1n) is 9.91. The minimum Gasteiger partial charge on any atom is -0.486 e. The fraction of sp³-hybridized carbons (Fsp3) is 0.250. The molecule has 1 saturated heterocycles. The summed E-state index contributed by atoms with van der Waals surface area (Å²) in [5.74, 6) is 1.69. The number of rotatable bonds is 9. The van der Waals surface area contributed by atoms with E-state index >= 15 is 0 Å². The second-order valence-corrected chi connectivity index (χ2v) is 7.84. The van der Waals surface area contributed by atoms with Crippen LogP contribution in [0.2, 0.25) is 0 Å². The fourth-order valence-corrected chi connectivity index (χ4v) is 3.87. The maximum Gasteiger partial charge on any atom is 0.145 e. The number of nitrogens with one attached hydrogen (secondary N) is 1. The predicted molar refractivity (Wildman–Crippen MR) is 127 cm³/mol. The number of aromatic nitrogens is 1. The van der Waals surface area contributed by atoms with E-state index in [0.717, 1.165) is 16.9 Å². The molecule has 2 heterocycles. The Morgan fingerprint density at radius 2 is 2.03 bits per heavy atom. The molecule has 0 radical (unpaired) electrons. The molecule has 2 aromatic rings. The summed E-state index contributed by atoms with van der Waals surface area (Å²) in [7, 11) is 3.40. The van der Waals surface area contributed by atoms with Gasteiger partial charge in [0.15, 0.2) is 0 Å². The highest BCUT2D eigenvalue weighted by molar-refractivity contribution is 7.99. The number of hydrogen-bond donors (Lipinski definition) is 1. The third-order valence-corrected chi connectivity index (χ3v) is 5.72. The second kappa shape index (κ2) is 11.1. The van der Waals surface area contributed by atoms with Gasteiger partial charge in [-0.25, -0.2) is 4.98 Å². The Labute approximate surface area is 192 Å². The minimum atomic E-state index is 0.0655. The highest BCUT2D eigenvalue weighted by Gasteiger charge is 2.22. The molecule has 1 N–H and O–H groups in total. The Morgan fingerprint density at radius 3 is 2.59 bits per heavy atom. The van der Waals surface area contributed by atoms with Gasteiger partial charge in [-0.05, 0) is 29.3 Å². The Bertz CT molecular complexity index is 1120. The van der Waals surface area contributed by atoms with Crippen LogP contribution in [0.3, 0.4) is 0 Å². The highest BCUT2D eigenvalue weighted by atomic mass is 32.2. The topological polar surface area (TPSA) is 103 Å². The van der Waals surface area contributed by atoms with E-state index in [1.165, 1.54) is 11.8 Å². The summed E-state index contributed by atoms with van der Waals surface area (Å²) in [6.07, 6.45) is 5.42. The van der Waals surface area contributed by atoms with E-state index < -0.39 is 0 Å². The molecule has 0 unspecified atom stereocenters. The number of benzene rings is 1. The molecule has 7 nitrogen and oxygen atoms in total. The molecule has 0 saturated carbocycles. The molecule has 3 rings (SSSR count). The van der Waals surface area contributed by atoms with Gasteiger partial charge in [0.2, 0.25) is 0 Å². The summed E-state index contributed by atoms with van der Waals surface area (Å²) >= 11 is 1.40. The number of nitrogens with zero attached hydrogens (tertiary/aromatic N) is 4. The molecule has 1 aliphatic rings. The van der Waals surface area contributed by atoms with Crippen molar-refractivity contribution in [3.05, 3.63) is 59.7 Å². The second-order valence-electron chi connectivity index (χ2n) is 6.88. The quantitative estimate of drug-likeness (QED) is 0.350. The summed E-state index contributed by atoms with van der Waals surface area (Å²) in [6, 6.07) is 11.8. The lowest BCUT2D eigenvalue weighted by Gasteiger charge is -2.26. The standard InChI is InChI=1S/C24H23N5O2S/c1-16(5-4-10-27-2)15-32-24-21(12-26)22(20(11-25)23(28-3)29-24)17-6-8-18(9-7-17)31-19-13-30-14-19/h4-10,19H,1,13-15H2,2-3H3,(H,28,29)/b5-4-,27-10?. The Kier molecular flexibility index (Phi) is 8.04. The smallest absolute Gasteiger partial charge is 0.145 e. The van der Waals surface area contributed by atoms with Gasteiger partial charge >= 0.3 is 0 Å². The molecule has 1 aromatic carbocycles. The normalized spacial score (nSPS) is 13.5. The number of aliphatic imine (C=N–C) groups is 1. The first-order chi connectivity index (χ1) is 15.6. The fourth-order valence-electron chi connectivity index (χ4n) is 3.00. The number of ether oxygens (including phenoxy) is 2. The lowest BCUT2D eigenvalue weighted by Crippen LogP contribution is -2.38. The van der Waals surface area contributed by atoms with Crippen molar-refractivity contribution in [3.63, 3.8) is 0 Å². The van der Waals surface area contributed by atoms with E-state index in [1.54, 1.807) is 20.3 Å². The van der Waals surface area contributed by atoms with Crippen LogP contribution in [0.5, 0.6) is 5.75 Å². The van der Waals surface area contributed by atoms with Gasteiger partial charge in [0, 0.05) is 31.6 Å². The molecule has 0 atom stereocenters. The average Bonchev–Trinajstić information content (AvgIpc) is 2.79. The predicted octanol–water partition coefficient (Wildman–Crippen LogP) is 4.22. The molecule has 1 aliphatic heterocycles. The van der Waals surface area contributed by atoms with Crippen LogP contribution < -0.4 is 10.1 Å². The van der Waals surface area contributed by atoms with Crippen molar-refractivity contribution in [2.75, 3.05) is 38.4 Å². The highest BCUT2D eigenvalue weighted by Crippen LogP contribution is 2.37. The van der Waals surface area contributed by atoms with E-state index in [-0.39, 0.29) is 6.10 Å². The van der Waals surface area contributed by atoms with Gasteiger partial charge < -0.3 is 14.8 Å². The number of anilines is 1. The molecule has 1 fully saturated rings. The summed E-state index contributed by atoms with van der Waals surface area (Å²) in [5, 5.41) is 23.3. The first-order valence-corrected chi connectivity index (χ1v) is 10.9.